The molecular weight excluding hydrogens is 649 g/mol. The molecule has 0 aliphatic heterocycles. The summed E-state index contributed by atoms with van der Waals surface area (Å²) in [5, 5.41) is 0. The molecular formula is Mg3O16P4Zn3. The maximum absolute atomic E-state index is 8.55. The zero-order valence-electron chi connectivity index (χ0n) is 12.6. The van der Waals surface area contributed by atoms with E-state index in [-0.39, 0.29) is 128 Å². The van der Waals surface area contributed by atoms with Gasteiger partial charge in [0.1, 0.15) is 0 Å². The molecule has 0 saturated heterocycles. The minimum Gasteiger partial charge on any atom is -0.822 e. The first-order valence-corrected chi connectivity index (χ1v) is 8.76. The van der Waals surface area contributed by atoms with Crippen molar-refractivity contribution in [2.24, 2.45) is 0 Å². The smallest absolute Gasteiger partial charge is 0.822 e. The van der Waals surface area contributed by atoms with Crippen molar-refractivity contribution in [3.8, 4) is 0 Å². The second-order valence-corrected chi connectivity index (χ2v) is 5.37. The van der Waals surface area contributed by atoms with E-state index in [9.17, 15) is 0 Å². The quantitative estimate of drug-likeness (QED) is 0.174. The van der Waals surface area contributed by atoms with E-state index in [2.05, 4.69) is 0 Å². The van der Waals surface area contributed by atoms with Crippen LogP contribution in [-0.4, -0.2) is 69.2 Å². The third kappa shape index (κ3) is 1030. The van der Waals surface area contributed by atoms with Crippen molar-refractivity contribution in [2.45, 2.75) is 0 Å². The van der Waals surface area contributed by atoms with Gasteiger partial charge in [-0.1, -0.05) is 0 Å². The molecule has 16 nitrogen and oxygen atoms in total. The van der Waals surface area contributed by atoms with E-state index in [4.69, 9.17) is 77.0 Å². The Labute approximate surface area is 233 Å². The fourth-order valence-corrected chi connectivity index (χ4v) is 0. The molecule has 0 aromatic rings. The Morgan fingerprint density at radius 1 is 0.308 bits per heavy atom. The van der Waals surface area contributed by atoms with Gasteiger partial charge in [0, 0.05) is 0 Å². The van der Waals surface area contributed by atoms with Crippen molar-refractivity contribution in [1.29, 1.82) is 0 Å². The van der Waals surface area contributed by atoms with E-state index in [1.807, 2.05) is 0 Å². The summed E-state index contributed by atoms with van der Waals surface area (Å²) in [5.74, 6) is 0. The van der Waals surface area contributed by atoms with Crippen LogP contribution in [0.2, 0.25) is 0 Å². The summed E-state index contributed by atoms with van der Waals surface area (Å²) in [4.78, 5) is 103. The second kappa shape index (κ2) is 29.6. The van der Waals surface area contributed by atoms with Gasteiger partial charge in [-0.25, -0.2) is 0 Å². The summed E-state index contributed by atoms with van der Waals surface area (Å²) in [5.41, 5.74) is 0. The van der Waals surface area contributed by atoms with Crippen molar-refractivity contribution in [3.05, 3.63) is 0 Å². The van der Waals surface area contributed by atoms with E-state index in [1.54, 1.807) is 0 Å². The number of hydrogen-bond acceptors (Lipinski definition) is 16. The van der Waals surface area contributed by atoms with Crippen molar-refractivity contribution < 1.29 is 135 Å². The predicted octanol–water partition coefficient (Wildman–Crippen LogP) is -12.4. The van der Waals surface area contributed by atoms with Gasteiger partial charge in [-0.05, 0) is 0 Å². The Balaban J connectivity index is -0.0000000152. The fourth-order valence-electron chi connectivity index (χ4n) is 0. The van der Waals surface area contributed by atoms with E-state index in [0.717, 1.165) is 0 Å². The molecule has 128 valence electrons. The maximum atomic E-state index is 8.55. The molecule has 0 aliphatic carbocycles. The molecule has 0 bridgehead atoms. The van der Waals surface area contributed by atoms with Crippen LogP contribution in [0.5, 0.6) is 0 Å². The molecule has 0 aliphatic rings. The minimum absolute atomic E-state index is 0. The van der Waals surface area contributed by atoms with Crippen LogP contribution < -0.4 is 58.7 Å². The first-order chi connectivity index (χ1) is 8.00. The molecule has 0 aromatic carbocycles. The molecule has 0 amide bonds. The molecule has 0 radical (unpaired) electrons. The number of rotatable bonds is 0. The Kier molecular flexibility index (Phi) is 71.9. The van der Waals surface area contributed by atoms with Crippen molar-refractivity contribution in [1.82, 2.24) is 0 Å². The predicted molar refractivity (Wildman–Crippen MR) is 47.7 cm³/mol. The van der Waals surface area contributed by atoms with Gasteiger partial charge < -0.3 is 77.0 Å². The summed E-state index contributed by atoms with van der Waals surface area (Å²) in [6.07, 6.45) is 0. The average Bonchev–Trinajstić information content (AvgIpc) is 1.62. The van der Waals surface area contributed by atoms with Crippen molar-refractivity contribution >= 4 is 100 Å². The number of hydrogen-bond donors (Lipinski definition) is 0. The fraction of sp³-hybridized carbons (Fsp3) is 0. The molecule has 0 saturated carbocycles. The average molecular weight is 649 g/mol. The second-order valence-electron chi connectivity index (χ2n) is 1.79. The summed E-state index contributed by atoms with van der Waals surface area (Å²) in [6, 6.07) is 0. The van der Waals surface area contributed by atoms with E-state index in [1.165, 1.54) is 0 Å². The Bertz CT molecular complexity index is 305. The molecule has 0 spiro atoms. The first kappa shape index (κ1) is 63.2. The molecule has 0 aromatic heterocycles. The number of phosphoric acid groups is 4. The van der Waals surface area contributed by atoms with Gasteiger partial charge in [0.15, 0.2) is 0 Å². The molecule has 0 fully saturated rings. The largest absolute Gasteiger partial charge is 2.00 e. The Hall–Kier alpha value is 4.61. The van der Waals surface area contributed by atoms with Crippen LogP contribution in [0.4, 0.5) is 0 Å². The summed E-state index contributed by atoms with van der Waals surface area (Å²) in [7, 11) is -21.6. The van der Waals surface area contributed by atoms with Crippen LogP contribution in [0.1, 0.15) is 0 Å². The summed E-state index contributed by atoms with van der Waals surface area (Å²) >= 11 is 0. The summed E-state index contributed by atoms with van der Waals surface area (Å²) < 4.78 is 34.2. The van der Waals surface area contributed by atoms with Crippen molar-refractivity contribution in [2.75, 3.05) is 0 Å². The monoisotopic (exact) mass is 644 g/mol. The van der Waals surface area contributed by atoms with Gasteiger partial charge in [0.25, 0.3) is 0 Å². The molecule has 0 N–H and O–H groups in total. The zero-order valence-corrected chi connectivity index (χ0v) is 29.3. The van der Waals surface area contributed by atoms with Gasteiger partial charge >= 0.3 is 128 Å². The third-order valence-electron chi connectivity index (χ3n) is 0. The SMILES string of the molecule is O=P([O-])([O-])[O-].O=P([O-])([O-])[O-].O=P([O-])([O-])[O-].O=P([O-])([O-])[O-].[Mg+2].[Mg+2].[Mg+2].[Zn+2].[Zn+2].[Zn+2]. The van der Waals surface area contributed by atoms with Gasteiger partial charge in [0.05, 0.1) is 0 Å². The third-order valence-corrected chi connectivity index (χ3v) is 0. The molecule has 26 heavy (non-hydrogen) atoms. The Morgan fingerprint density at radius 2 is 0.308 bits per heavy atom. The van der Waals surface area contributed by atoms with Gasteiger partial charge in [0.2, 0.25) is 0 Å². The van der Waals surface area contributed by atoms with Crippen LogP contribution in [0, 0.1) is 0 Å². The van der Waals surface area contributed by atoms with E-state index < -0.39 is 31.3 Å². The van der Waals surface area contributed by atoms with Gasteiger partial charge in [-0.3, -0.25) is 0 Å². The van der Waals surface area contributed by atoms with E-state index >= 15 is 0 Å². The summed E-state index contributed by atoms with van der Waals surface area (Å²) in [6.45, 7) is 0. The maximum Gasteiger partial charge on any atom is 2.00 e. The first-order valence-electron chi connectivity index (χ1n) is 2.92. The van der Waals surface area contributed by atoms with Crippen LogP contribution in [0.3, 0.4) is 0 Å². The van der Waals surface area contributed by atoms with Crippen LogP contribution in [0.25, 0.3) is 0 Å². The van der Waals surface area contributed by atoms with E-state index in [0.29, 0.717) is 0 Å². The standard InChI is InChI=1S/3Mg.4H3O4P.3Zn/c;;;4*1-5(2,3)4;;;/h;;;4*(H3,1,2,3,4);;;/q3*+2;;;;;3*+2/p-12. The Morgan fingerprint density at radius 3 is 0.308 bits per heavy atom. The van der Waals surface area contributed by atoms with Crippen LogP contribution >= 0.6 is 31.3 Å². The van der Waals surface area contributed by atoms with Gasteiger partial charge in [-0.15, -0.1) is 0 Å². The van der Waals surface area contributed by atoms with Crippen molar-refractivity contribution in [3.63, 3.8) is 0 Å². The van der Waals surface area contributed by atoms with Crippen LogP contribution in [-0.2, 0) is 76.7 Å². The van der Waals surface area contributed by atoms with Crippen LogP contribution in [0.15, 0.2) is 0 Å². The van der Waals surface area contributed by atoms with Gasteiger partial charge in [-0.2, -0.15) is 31.3 Å². The molecule has 0 atom stereocenters. The molecule has 26 heteroatoms. The molecule has 0 unspecified atom stereocenters. The minimum atomic E-state index is -5.39. The zero-order chi connectivity index (χ0) is 18.0. The normalized spacial score (nSPS) is 9.08. The topological polar surface area (TPSA) is 345 Å². The molecule has 0 heterocycles. The molecule has 0 rings (SSSR count).